The van der Waals surface area contributed by atoms with Crippen LogP contribution in [0.5, 0.6) is 0 Å². The third-order valence-electron chi connectivity index (χ3n) is 6.16. The first kappa shape index (κ1) is 18.4. The van der Waals surface area contributed by atoms with E-state index in [2.05, 4.69) is 37.7 Å². The highest BCUT2D eigenvalue weighted by Crippen LogP contribution is 2.22. The summed E-state index contributed by atoms with van der Waals surface area (Å²) < 4.78 is 3.85. The van der Waals surface area contributed by atoms with Gasteiger partial charge in [0.2, 0.25) is 0 Å². The molecule has 1 aromatic carbocycles. The summed E-state index contributed by atoms with van der Waals surface area (Å²) in [5, 5.41) is 5.44. The highest BCUT2D eigenvalue weighted by Gasteiger charge is 2.20. The molecule has 0 saturated carbocycles. The van der Waals surface area contributed by atoms with Crippen LogP contribution in [0.2, 0.25) is 0 Å². The zero-order valence-corrected chi connectivity index (χ0v) is 17.2. The fourth-order valence-corrected chi connectivity index (χ4v) is 4.48. The molecule has 5 rings (SSSR count). The van der Waals surface area contributed by atoms with E-state index in [4.69, 9.17) is 5.10 Å². The average Bonchev–Trinajstić information content (AvgIpc) is 3.30. The van der Waals surface area contributed by atoms with Gasteiger partial charge in [0.1, 0.15) is 0 Å². The number of hydrogen-bond acceptors (Lipinski definition) is 5. The van der Waals surface area contributed by atoms with Crippen LogP contribution in [-0.4, -0.2) is 50.4 Å². The van der Waals surface area contributed by atoms with Gasteiger partial charge in [0.15, 0.2) is 0 Å². The summed E-state index contributed by atoms with van der Waals surface area (Å²) in [6.07, 6.45) is 4.06. The molecule has 3 aromatic rings. The third kappa shape index (κ3) is 3.44. The molecular weight excluding hydrogens is 364 g/mol. The van der Waals surface area contributed by atoms with Crippen LogP contribution in [0.25, 0.3) is 10.9 Å². The molecule has 0 atom stereocenters. The van der Waals surface area contributed by atoms with E-state index in [1.54, 1.807) is 10.9 Å². The Labute approximate surface area is 170 Å². The van der Waals surface area contributed by atoms with Crippen molar-refractivity contribution in [2.24, 2.45) is 0 Å². The van der Waals surface area contributed by atoms with Crippen molar-refractivity contribution < 1.29 is 0 Å². The highest BCUT2D eigenvalue weighted by molar-refractivity contribution is 5.81. The number of benzene rings is 1. The van der Waals surface area contributed by atoms with Gasteiger partial charge in [-0.15, -0.1) is 0 Å². The minimum absolute atomic E-state index is 0.0355. The van der Waals surface area contributed by atoms with Gasteiger partial charge in [-0.1, -0.05) is 0 Å². The molecule has 0 radical (unpaired) electrons. The van der Waals surface area contributed by atoms with Gasteiger partial charge in [0, 0.05) is 56.7 Å². The van der Waals surface area contributed by atoms with Crippen LogP contribution in [0.15, 0.2) is 35.4 Å². The zero-order chi connectivity index (χ0) is 20.0. The number of piperazine rings is 1. The molecule has 0 bridgehead atoms. The summed E-state index contributed by atoms with van der Waals surface area (Å²) >= 11 is 0. The average molecular weight is 393 g/mol. The van der Waals surface area contributed by atoms with E-state index in [-0.39, 0.29) is 11.6 Å². The van der Waals surface area contributed by atoms with Gasteiger partial charge >= 0.3 is 0 Å². The van der Waals surface area contributed by atoms with Crippen LogP contribution in [0.3, 0.4) is 0 Å². The SMILES string of the molecule is CC(C)n1cnc2cc(N3CCN(Cc4cc5n(n4)CCC5)CC3)ccc2c1=O. The third-order valence-corrected chi connectivity index (χ3v) is 6.16. The number of rotatable bonds is 4. The van der Waals surface area contributed by atoms with Crippen LogP contribution in [0.4, 0.5) is 5.69 Å². The van der Waals surface area contributed by atoms with Crippen molar-refractivity contribution in [2.75, 3.05) is 31.1 Å². The Morgan fingerprint density at radius 3 is 2.66 bits per heavy atom. The van der Waals surface area contributed by atoms with Gasteiger partial charge in [-0.3, -0.25) is 18.9 Å². The Balaban J connectivity index is 1.27. The topological polar surface area (TPSA) is 59.2 Å². The maximum Gasteiger partial charge on any atom is 0.261 e. The number of hydrogen-bond donors (Lipinski definition) is 0. The molecule has 2 aromatic heterocycles. The largest absolute Gasteiger partial charge is 0.369 e. The summed E-state index contributed by atoms with van der Waals surface area (Å²) in [5.41, 5.74) is 4.54. The molecule has 1 saturated heterocycles. The Kier molecular flexibility index (Phi) is 4.62. The van der Waals surface area contributed by atoms with Crippen molar-refractivity contribution in [1.29, 1.82) is 0 Å². The second kappa shape index (κ2) is 7.30. The molecule has 0 aliphatic carbocycles. The molecule has 7 heteroatoms. The molecule has 29 heavy (non-hydrogen) atoms. The van der Waals surface area contributed by atoms with Crippen LogP contribution < -0.4 is 10.5 Å². The van der Waals surface area contributed by atoms with Crippen LogP contribution >= 0.6 is 0 Å². The summed E-state index contributed by atoms with van der Waals surface area (Å²) in [6, 6.07) is 8.43. The van der Waals surface area contributed by atoms with Crippen molar-refractivity contribution in [3.05, 3.63) is 52.3 Å². The van der Waals surface area contributed by atoms with E-state index in [0.717, 1.165) is 50.5 Å². The number of aryl methyl sites for hydroxylation is 2. The lowest BCUT2D eigenvalue weighted by Crippen LogP contribution is -2.46. The van der Waals surface area contributed by atoms with Crippen LogP contribution in [0, 0.1) is 0 Å². The first-order valence-corrected chi connectivity index (χ1v) is 10.6. The Hall–Kier alpha value is -2.67. The minimum atomic E-state index is 0.0355. The van der Waals surface area contributed by atoms with Gasteiger partial charge in [0.25, 0.3) is 5.56 Å². The van der Waals surface area contributed by atoms with Crippen molar-refractivity contribution >= 4 is 16.6 Å². The van der Waals surface area contributed by atoms with Gasteiger partial charge in [-0.2, -0.15) is 5.10 Å². The predicted molar refractivity (Wildman–Crippen MR) is 114 cm³/mol. The first-order chi connectivity index (χ1) is 14.1. The molecule has 4 heterocycles. The Bertz CT molecular complexity index is 1070. The van der Waals surface area contributed by atoms with Crippen molar-refractivity contribution in [2.45, 2.75) is 45.8 Å². The quantitative estimate of drug-likeness (QED) is 0.683. The Morgan fingerprint density at radius 1 is 1.07 bits per heavy atom. The number of nitrogens with zero attached hydrogens (tertiary/aromatic N) is 6. The molecule has 0 N–H and O–H groups in total. The first-order valence-electron chi connectivity index (χ1n) is 10.6. The second-order valence-corrected chi connectivity index (χ2v) is 8.47. The van der Waals surface area contributed by atoms with Gasteiger partial charge in [0.05, 0.1) is 22.9 Å². The number of aromatic nitrogens is 4. The van der Waals surface area contributed by atoms with E-state index in [9.17, 15) is 4.79 Å². The van der Waals surface area contributed by atoms with E-state index in [1.165, 1.54) is 24.2 Å². The maximum atomic E-state index is 12.6. The standard InChI is InChI=1S/C22H28N6O/c1-16(2)27-15-23-21-13-18(5-6-20(21)22(27)29)26-10-8-25(9-11-26)14-17-12-19-4-3-7-28(19)24-17/h5-6,12-13,15-16H,3-4,7-11,14H2,1-2H3. The molecular formula is C22H28N6O. The molecule has 0 unspecified atom stereocenters. The molecule has 0 amide bonds. The van der Waals surface area contributed by atoms with Crippen LogP contribution in [-0.2, 0) is 19.5 Å². The monoisotopic (exact) mass is 392 g/mol. The zero-order valence-electron chi connectivity index (χ0n) is 17.2. The molecule has 152 valence electrons. The van der Waals surface area contributed by atoms with Crippen molar-refractivity contribution in [3.63, 3.8) is 0 Å². The van der Waals surface area contributed by atoms with Crippen molar-refractivity contribution in [1.82, 2.24) is 24.2 Å². The van der Waals surface area contributed by atoms with E-state index < -0.39 is 0 Å². The maximum absolute atomic E-state index is 12.6. The number of fused-ring (bicyclic) bond motifs is 2. The molecule has 7 nitrogen and oxygen atoms in total. The fourth-order valence-electron chi connectivity index (χ4n) is 4.48. The van der Waals surface area contributed by atoms with Crippen LogP contribution in [0.1, 0.15) is 37.7 Å². The molecule has 2 aliphatic rings. The highest BCUT2D eigenvalue weighted by atomic mass is 16.1. The Morgan fingerprint density at radius 2 is 1.90 bits per heavy atom. The van der Waals surface area contributed by atoms with Gasteiger partial charge in [-0.05, 0) is 51.0 Å². The summed E-state index contributed by atoms with van der Waals surface area (Å²) in [4.78, 5) is 22.0. The van der Waals surface area contributed by atoms with E-state index in [1.807, 2.05) is 19.9 Å². The lowest BCUT2D eigenvalue weighted by molar-refractivity contribution is 0.246. The van der Waals surface area contributed by atoms with Gasteiger partial charge in [-0.25, -0.2) is 4.98 Å². The fraction of sp³-hybridized carbons (Fsp3) is 0.500. The summed E-state index contributed by atoms with van der Waals surface area (Å²) in [5.74, 6) is 0. The smallest absolute Gasteiger partial charge is 0.261 e. The number of anilines is 1. The lowest BCUT2D eigenvalue weighted by Gasteiger charge is -2.35. The lowest BCUT2D eigenvalue weighted by atomic mass is 10.2. The molecule has 0 spiro atoms. The van der Waals surface area contributed by atoms with E-state index >= 15 is 0 Å². The van der Waals surface area contributed by atoms with Gasteiger partial charge < -0.3 is 4.90 Å². The molecule has 2 aliphatic heterocycles. The van der Waals surface area contributed by atoms with Crippen molar-refractivity contribution in [3.8, 4) is 0 Å². The summed E-state index contributed by atoms with van der Waals surface area (Å²) in [7, 11) is 0. The summed E-state index contributed by atoms with van der Waals surface area (Å²) in [6.45, 7) is 9.98. The minimum Gasteiger partial charge on any atom is -0.369 e. The second-order valence-electron chi connectivity index (χ2n) is 8.47. The normalized spacial score (nSPS) is 17.4. The molecule has 1 fully saturated rings. The van der Waals surface area contributed by atoms with E-state index in [0.29, 0.717) is 5.39 Å². The predicted octanol–water partition coefficient (Wildman–Crippen LogP) is 2.44.